The van der Waals surface area contributed by atoms with Crippen molar-refractivity contribution in [3.63, 3.8) is 0 Å². The van der Waals surface area contributed by atoms with E-state index < -0.39 is 5.97 Å². The lowest BCUT2D eigenvalue weighted by molar-refractivity contribution is -0.138. The van der Waals surface area contributed by atoms with Crippen molar-refractivity contribution >= 4 is 11.9 Å². The molecule has 1 aromatic rings. The molecule has 1 aromatic heterocycles. The summed E-state index contributed by atoms with van der Waals surface area (Å²) >= 11 is 0. The van der Waals surface area contributed by atoms with Gasteiger partial charge in [-0.2, -0.15) is 0 Å². The van der Waals surface area contributed by atoms with Crippen molar-refractivity contribution in [2.24, 2.45) is 0 Å². The Hall–Kier alpha value is -1.78. The molecule has 112 valence electrons. The number of aliphatic carboxylic acids is 1. The summed E-state index contributed by atoms with van der Waals surface area (Å²) in [6.07, 6.45) is 2.21. The first-order valence-electron chi connectivity index (χ1n) is 7.08. The molecule has 0 spiro atoms. The van der Waals surface area contributed by atoms with Crippen molar-refractivity contribution in [3.05, 3.63) is 23.2 Å². The fraction of sp³-hybridized carbons (Fsp3) is 0.600. The summed E-state index contributed by atoms with van der Waals surface area (Å²) in [5.74, 6) is -0.330. The maximum atomic E-state index is 12.4. The van der Waals surface area contributed by atoms with Gasteiger partial charge >= 0.3 is 5.97 Å². The lowest BCUT2D eigenvalue weighted by Crippen LogP contribution is -2.41. The molecule has 1 atom stereocenters. The van der Waals surface area contributed by atoms with Crippen LogP contribution in [0.15, 0.2) is 10.5 Å². The third-order valence-corrected chi connectivity index (χ3v) is 3.50. The van der Waals surface area contributed by atoms with Gasteiger partial charge in [-0.15, -0.1) is 0 Å². The predicted molar refractivity (Wildman–Crippen MR) is 75.9 cm³/mol. The second-order valence-corrected chi connectivity index (χ2v) is 4.85. The molecule has 20 heavy (non-hydrogen) atoms. The summed E-state index contributed by atoms with van der Waals surface area (Å²) in [6, 6.07) is 1.59. The Morgan fingerprint density at radius 3 is 2.35 bits per heavy atom. The first-order valence-corrected chi connectivity index (χ1v) is 7.08. The second-order valence-electron chi connectivity index (χ2n) is 4.85. The molecule has 0 aliphatic rings. The number of hydrogen-bond donors (Lipinski definition) is 1. The Labute approximate surface area is 119 Å². The monoisotopic (exact) mass is 281 g/mol. The third kappa shape index (κ3) is 3.62. The maximum absolute atomic E-state index is 12.4. The van der Waals surface area contributed by atoms with Crippen molar-refractivity contribution in [2.75, 3.05) is 6.54 Å². The van der Waals surface area contributed by atoms with Crippen LogP contribution < -0.4 is 0 Å². The van der Waals surface area contributed by atoms with Crippen molar-refractivity contribution < 1.29 is 19.1 Å². The average molecular weight is 281 g/mol. The van der Waals surface area contributed by atoms with Gasteiger partial charge < -0.3 is 14.4 Å². The number of furan rings is 1. The van der Waals surface area contributed by atoms with E-state index in [4.69, 9.17) is 9.52 Å². The molecule has 0 bridgehead atoms. The van der Waals surface area contributed by atoms with Crippen LogP contribution in [0.5, 0.6) is 0 Å². The van der Waals surface area contributed by atoms with Crippen molar-refractivity contribution in [3.8, 4) is 0 Å². The molecule has 1 amide bonds. The van der Waals surface area contributed by atoms with E-state index in [2.05, 4.69) is 0 Å². The minimum atomic E-state index is -1.02. The molecule has 0 fully saturated rings. The molecular formula is C15H23NO4. The average Bonchev–Trinajstić information content (AvgIpc) is 2.86. The van der Waals surface area contributed by atoms with Crippen LogP contribution in [-0.2, 0) is 17.6 Å². The molecule has 0 saturated carbocycles. The van der Waals surface area contributed by atoms with E-state index in [0.717, 1.165) is 24.2 Å². The van der Waals surface area contributed by atoms with Crippen LogP contribution in [-0.4, -0.2) is 34.5 Å². The highest BCUT2D eigenvalue weighted by Crippen LogP contribution is 2.20. The van der Waals surface area contributed by atoms with Crippen molar-refractivity contribution in [1.82, 2.24) is 4.90 Å². The first-order chi connectivity index (χ1) is 9.44. The molecule has 5 heteroatoms. The molecule has 0 aliphatic carbocycles. The smallest absolute Gasteiger partial charge is 0.323 e. The Morgan fingerprint density at radius 2 is 1.95 bits per heavy atom. The van der Waals surface area contributed by atoms with Gasteiger partial charge in [-0.3, -0.25) is 9.59 Å². The topological polar surface area (TPSA) is 70.8 Å². The van der Waals surface area contributed by atoms with Crippen LogP contribution >= 0.6 is 0 Å². The number of carbonyl (C=O) groups excluding carboxylic acids is 1. The van der Waals surface area contributed by atoms with Gasteiger partial charge in [0.05, 0.1) is 0 Å². The molecule has 0 saturated heterocycles. The molecule has 0 radical (unpaired) electrons. The van der Waals surface area contributed by atoms with E-state index in [-0.39, 0.29) is 24.3 Å². The Balaban J connectivity index is 3.05. The van der Waals surface area contributed by atoms with Gasteiger partial charge in [-0.1, -0.05) is 20.8 Å². The summed E-state index contributed by atoms with van der Waals surface area (Å²) in [6.45, 7) is 7.42. The highest BCUT2D eigenvalue weighted by Gasteiger charge is 2.26. The van der Waals surface area contributed by atoms with E-state index >= 15 is 0 Å². The minimum absolute atomic E-state index is 0.140. The molecule has 0 aromatic carbocycles. The van der Waals surface area contributed by atoms with Gasteiger partial charge in [-0.25, -0.2) is 0 Å². The number of amides is 1. The quantitative estimate of drug-likeness (QED) is 0.834. The zero-order valence-corrected chi connectivity index (χ0v) is 12.6. The maximum Gasteiger partial charge on any atom is 0.323 e. The van der Waals surface area contributed by atoms with Gasteiger partial charge in [0.15, 0.2) is 5.76 Å². The van der Waals surface area contributed by atoms with Crippen molar-refractivity contribution in [1.29, 1.82) is 0 Å². The third-order valence-electron chi connectivity index (χ3n) is 3.50. The standard InChI is InChI=1S/C15H23NO4/c1-5-10(4)16(9-14(17)18)15(19)13-8-11(6-2)12(7-3)20-13/h8,10H,5-7,9H2,1-4H3,(H,17,18). The van der Waals surface area contributed by atoms with Gasteiger partial charge in [0.25, 0.3) is 5.91 Å². The Morgan fingerprint density at radius 1 is 1.30 bits per heavy atom. The van der Waals surface area contributed by atoms with E-state index in [1.54, 1.807) is 6.07 Å². The van der Waals surface area contributed by atoms with Crippen LogP contribution in [0.4, 0.5) is 0 Å². The number of carboxylic acid groups (broad SMARTS) is 1. The predicted octanol–water partition coefficient (Wildman–Crippen LogP) is 2.73. The molecule has 0 aliphatic heterocycles. The molecular weight excluding hydrogens is 258 g/mol. The number of aryl methyl sites for hydroxylation is 2. The van der Waals surface area contributed by atoms with Crippen LogP contribution in [0.2, 0.25) is 0 Å². The van der Waals surface area contributed by atoms with Gasteiger partial charge in [0, 0.05) is 12.5 Å². The number of hydrogen-bond acceptors (Lipinski definition) is 3. The summed E-state index contributed by atoms with van der Waals surface area (Å²) in [7, 11) is 0. The first kappa shape index (κ1) is 16.3. The molecule has 5 nitrogen and oxygen atoms in total. The number of rotatable bonds is 7. The highest BCUT2D eigenvalue weighted by atomic mass is 16.4. The lowest BCUT2D eigenvalue weighted by atomic mass is 10.1. The van der Waals surface area contributed by atoms with Gasteiger partial charge in [-0.05, 0) is 31.4 Å². The molecule has 1 rings (SSSR count). The second kappa shape index (κ2) is 7.12. The summed E-state index contributed by atoms with van der Waals surface area (Å²) < 4.78 is 5.59. The Bertz CT molecular complexity index is 457. The Kier molecular flexibility index (Phi) is 5.80. The zero-order chi connectivity index (χ0) is 15.3. The van der Waals surface area contributed by atoms with Crippen molar-refractivity contribution in [2.45, 2.75) is 53.0 Å². The lowest BCUT2D eigenvalue weighted by Gasteiger charge is -2.25. The summed E-state index contributed by atoms with van der Waals surface area (Å²) in [5.41, 5.74) is 1.01. The van der Waals surface area contributed by atoms with E-state index in [9.17, 15) is 9.59 Å². The largest absolute Gasteiger partial charge is 0.480 e. The number of nitrogens with zero attached hydrogens (tertiary/aromatic N) is 1. The van der Waals surface area contributed by atoms with E-state index in [1.807, 2.05) is 27.7 Å². The normalized spacial score (nSPS) is 12.2. The SMILES string of the molecule is CCc1cc(C(=O)N(CC(=O)O)C(C)CC)oc1CC. The zero-order valence-electron chi connectivity index (χ0n) is 12.6. The van der Waals surface area contributed by atoms with Gasteiger partial charge in [0.2, 0.25) is 0 Å². The van der Waals surface area contributed by atoms with Gasteiger partial charge in [0.1, 0.15) is 12.3 Å². The van der Waals surface area contributed by atoms with Crippen LogP contribution in [0.1, 0.15) is 56.0 Å². The molecule has 1 heterocycles. The van der Waals surface area contributed by atoms with E-state index in [0.29, 0.717) is 6.42 Å². The number of carboxylic acids is 1. The van der Waals surface area contributed by atoms with Crippen LogP contribution in [0, 0.1) is 0 Å². The van der Waals surface area contributed by atoms with Crippen LogP contribution in [0.25, 0.3) is 0 Å². The molecule has 1 N–H and O–H groups in total. The summed E-state index contributed by atoms with van der Waals surface area (Å²) in [5, 5.41) is 8.95. The van der Waals surface area contributed by atoms with E-state index in [1.165, 1.54) is 4.90 Å². The minimum Gasteiger partial charge on any atom is -0.480 e. The molecule has 1 unspecified atom stereocenters. The highest BCUT2D eigenvalue weighted by molar-refractivity contribution is 5.94. The fourth-order valence-electron chi connectivity index (χ4n) is 2.11. The fourth-order valence-corrected chi connectivity index (χ4v) is 2.11. The summed E-state index contributed by atoms with van der Waals surface area (Å²) in [4.78, 5) is 24.7. The number of carbonyl (C=O) groups is 2. The van der Waals surface area contributed by atoms with Crippen LogP contribution in [0.3, 0.4) is 0 Å².